The lowest BCUT2D eigenvalue weighted by Gasteiger charge is -2.28. The molecule has 2 amide bonds. The lowest BCUT2D eigenvalue weighted by atomic mass is 9.97. The Labute approximate surface area is 121 Å². The van der Waals surface area contributed by atoms with E-state index in [-0.39, 0.29) is 30.0 Å². The van der Waals surface area contributed by atoms with Gasteiger partial charge in [0.15, 0.2) is 0 Å². The van der Waals surface area contributed by atoms with E-state index >= 15 is 0 Å². The minimum atomic E-state index is -0.536. The molecule has 8 nitrogen and oxygen atoms in total. The summed E-state index contributed by atoms with van der Waals surface area (Å²) >= 11 is 0. The van der Waals surface area contributed by atoms with Crippen molar-refractivity contribution in [1.29, 1.82) is 0 Å². The van der Waals surface area contributed by atoms with Crippen LogP contribution in [0.3, 0.4) is 0 Å². The van der Waals surface area contributed by atoms with E-state index in [0.29, 0.717) is 24.1 Å². The van der Waals surface area contributed by atoms with Gasteiger partial charge < -0.3 is 5.43 Å². The third-order valence-electron chi connectivity index (χ3n) is 3.43. The van der Waals surface area contributed by atoms with Gasteiger partial charge in [0.1, 0.15) is 0 Å². The van der Waals surface area contributed by atoms with Gasteiger partial charge in [-0.25, -0.2) is 0 Å². The number of anilines is 1. The maximum absolute atomic E-state index is 12.0. The van der Waals surface area contributed by atoms with Crippen LogP contribution in [0.2, 0.25) is 0 Å². The zero-order valence-electron chi connectivity index (χ0n) is 11.5. The van der Waals surface area contributed by atoms with E-state index in [2.05, 4.69) is 5.43 Å². The average Bonchev–Trinajstić information content (AvgIpc) is 2.42. The van der Waals surface area contributed by atoms with Crippen molar-refractivity contribution in [2.75, 3.05) is 5.43 Å². The highest BCUT2D eigenvalue weighted by Crippen LogP contribution is 2.26. The molecule has 0 aromatic heterocycles. The number of nitro groups is 1. The number of carbonyl (C=O) groups excluding carboxylic acids is 2. The number of hydrogen-bond acceptors (Lipinski definition) is 6. The summed E-state index contributed by atoms with van der Waals surface area (Å²) in [5.74, 6) is 4.85. The van der Waals surface area contributed by atoms with Crippen LogP contribution in [0.15, 0.2) is 18.2 Å². The largest absolute Gasteiger partial charge is 0.324 e. The number of amides is 2. The van der Waals surface area contributed by atoms with Gasteiger partial charge >= 0.3 is 0 Å². The van der Waals surface area contributed by atoms with Crippen molar-refractivity contribution in [3.63, 3.8) is 0 Å². The summed E-state index contributed by atoms with van der Waals surface area (Å²) in [4.78, 5) is 35.3. The maximum Gasteiger partial charge on any atom is 0.269 e. The number of likely N-dealkylation sites (tertiary alicyclic amines) is 1. The number of nitrogen functional groups attached to an aromatic ring is 1. The van der Waals surface area contributed by atoms with Crippen molar-refractivity contribution in [3.05, 3.63) is 33.9 Å². The molecule has 0 bridgehead atoms. The fourth-order valence-electron chi connectivity index (χ4n) is 2.34. The molecular formula is C13H16N4O4. The number of nitrogens with one attached hydrogen (secondary N) is 1. The number of benzene rings is 1. The lowest BCUT2D eigenvalue weighted by molar-refractivity contribution is -0.384. The second-order valence-corrected chi connectivity index (χ2v) is 5.13. The number of piperidine rings is 1. The van der Waals surface area contributed by atoms with Crippen molar-refractivity contribution in [2.24, 2.45) is 11.8 Å². The van der Waals surface area contributed by atoms with Crippen LogP contribution in [-0.4, -0.2) is 21.6 Å². The Kier molecular flexibility index (Phi) is 4.18. The fraction of sp³-hybridized carbons (Fsp3) is 0.385. The zero-order chi connectivity index (χ0) is 15.6. The molecule has 1 aromatic rings. The predicted octanol–water partition coefficient (Wildman–Crippen LogP) is 1.17. The highest BCUT2D eigenvalue weighted by Gasteiger charge is 2.31. The number of nitrogens with two attached hydrogens (primary N) is 1. The van der Waals surface area contributed by atoms with Gasteiger partial charge in [-0.2, -0.15) is 0 Å². The molecule has 2 rings (SSSR count). The monoisotopic (exact) mass is 292 g/mol. The summed E-state index contributed by atoms with van der Waals surface area (Å²) in [5.41, 5.74) is 3.18. The Bertz CT molecular complexity index is 584. The van der Waals surface area contributed by atoms with Crippen LogP contribution in [0.4, 0.5) is 11.4 Å². The molecule has 3 N–H and O–H groups in total. The molecule has 1 heterocycles. The summed E-state index contributed by atoms with van der Waals surface area (Å²) in [6, 6.07) is 4.07. The van der Waals surface area contributed by atoms with Crippen molar-refractivity contribution >= 4 is 23.2 Å². The Morgan fingerprint density at radius 2 is 2.00 bits per heavy atom. The molecule has 112 valence electrons. The van der Waals surface area contributed by atoms with E-state index in [9.17, 15) is 19.7 Å². The van der Waals surface area contributed by atoms with Gasteiger partial charge in [-0.05, 0) is 12.0 Å². The van der Waals surface area contributed by atoms with Crippen molar-refractivity contribution < 1.29 is 14.5 Å². The molecular weight excluding hydrogens is 276 g/mol. The highest BCUT2D eigenvalue weighted by atomic mass is 16.6. The molecule has 0 spiro atoms. The third-order valence-corrected chi connectivity index (χ3v) is 3.43. The number of rotatable bonds is 4. The average molecular weight is 292 g/mol. The molecule has 0 saturated carbocycles. The van der Waals surface area contributed by atoms with E-state index in [1.165, 1.54) is 18.2 Å². The molecule has 1 aliphatic heterocycles. The molecule has 1 saturated heterocycles. The summed E-state index contributed by atoms with van der Waals surface area (Å²) < 4.78 is 0. The molecule has 0 unspecified atom stereocenters. The van der Waals surface area contributed by atoms with Gasteiger partial charge in [-0.3, -0.25) is 30.4 Å². The first-order valence-corrected chi connectivity index (χ1v) is 6.49. The summed E-state index contributed by atoms with van der Waals surface area (Å²) in [6.45, 7) is 1.82. The number of carbonyl (C=O) groups is 2. The third kappa shape index (κ3) is 3.16. The Balaban J connectivity index is 2.29. The SMILES string of the molecule is CC1CC(=O)N(Cc2cc([N+](=O)[O-])ccc2NN)C(=O)C1. The second-order valence-electron chi connectivity index (χ2n) is 5.13. The minimum absolute atomic E-state index is 0.0222. The smallest absolute Gasteiger partial charge is 0.269 e. The Morgan fingerprint density at radius 1 is 1.38 bits per heavy atom. The number of nitrogens with zero attached hydrogens (tertiary/aromatic N) is 2. The standard InChI is InChI=1S/C13H16N4O4/c1-8-4-12(18)16(13(19)5-8)7-9-6-10(17(20)21)2-3-11(9)15-14/h2-3,6,8,15H,4-5,7,14H2,1H3. The molecule has 1 aromatic carbocycles. The fourth-order valence-corrected chi connectivity index (χ4v) is 2.34. The topological polar surface area (TPSA) is 119 Å². The second kappa shape index (κ2) is 5.88. The van der Waals surface area contributed by atoms with Crippen LogP contribution >= 0.6 is 0 Å². The van der Waals surface area contributed by atoms with Crippen LogP contribution < -0.4 is 11.3 Å². The van der Waals surface area contributed by atoms with Gasteiger partial charge in [0.05, 0.1) is 17.2 Å². The van der Waals surface area contributed by atoms with E-state index in [1.54, 1.807) is 0 Å². The maximum atomic E-state index is 12.0. The lowest BCUT2D eigenvalue weighted by Crippen LogP contribution is -2.42. The number of hydrazine groups is 1. The molecule has 8 heteroatoms. The first-order valence-electron chi connectivity index (χ1n) is 6.49. The molecule has 0 radical (unpaired) electrons. The number of hydrogen-bond donors (Lipinski definition) is 2. The van der Waals surface area contributed by atoms with Crippen LogP contribution in [0, 0.1) is 16.0 Å². The Morgan fingerprint density at radius 3 is 2.52 bits per heavy atom. The Hall–Kier alpha value is -2.48. The highest BCUT2D eigenvalue weighted by molar-refractivity contribution is 5.97. The van der Waals surface area contributed by atoms with Crippen molar-refractivity contribution in [1.82, 2.24) is 4.90 Å². The number of non-ortho nitro benzene ring substituents is 1. The van der Waals surface area contributed by atoms with Crippen LogP contribution in [0.1, 0.15) is 25.3 Å². The molecule has 1 aliphatic rings. The van der Waals surface area contributed by atoms with Crippen molar-refractivity contribution in [2.45, 2.75) is 26.3 Å². The quantitative estimate of drug-likeness (QED) is 0.372. The molecule has 1 fully saturated rings. The zero-order valence-corrected chi connectivity index (χ0v) is 11.5. The van der Waals surface area contributed by atoms with E-state index in [4.69, 9.17) is 5.84 Å². The van der Waals surface area contributed by atoms with Gasteiger partial charge in [-0.1, -0.05) is 6.92 Å². The number of nitro benzene ring substituents is 1. The van der Waals surface area contributed by atoms with Gasteiger partial charge in [-0.15, -0.1) is 0 Å². The van der Waals surface area contributed by atoms with Crippen LogP contribution in [-0.2, 0) is 16.1 Å². The van der Waals surface area contributed by atoms with E-state index < -0.39 is 4.92 Å². The van der Waals surface area contributed by atoms with Gasteiger partial charge in [0, 0.05) is 30.5 Å². The van der Waals surface area contributed by atoms with Gasteiger partial charge in [0.25, 0.3) is 5.69 Å². The summed E-state index contributed by atoms with van der Waals surface area (Å²) in [6.07, 6.45) is 0.595. The van der Waals surface area contributed by atoms with Crippen LogP contribution in [0.5, 0.6) is 0 Å². The normalized spacial score (nSPS) is 16.2. The molecule has 21 heavy (non-hydrogen) atoms. The van der Waals surface area contributed by atoms with Crippen LogP contribution in [0.25, 0.3) is 0 Å². The first-order chi connectivity index (χ1) is 9.92. The molecule has 0 atom stereocenters. The van der Waals surface area contributed by atoms with E-state index in [0.717, 1.165) is 4.90 Å². The minimum Gasteiger partial charge on any atom is -0.324 e. The number of imide groups is 1. The first kappa shape index (κ1) is 14.9. The summed E-state index contributed by atoms with van der Waals surface area (Å²) in [7, 11) is 0. The van der Waals surface area contributed by atoms with E-state index in [1.807, 2.05) is 6.92 Å². The van der Waals surface area contributed by atoms with Gasteiger partial charge in [0.2, 0.25) is 11.8 Å². The van der Waals surface area contributed by atoms with Crippen molar-refractivity contribution in [3.8, 4) is 0 Å². The molecule has 0 aliphatic carbocycles. The predicted molar refractivity (Wildman–Crippen MR) is 74.9 cm³/mol. The summed E-state index contributed by atoms with van der Waals surface area (Å²) in [5, 5.41) is 10.8.